The van der Waals surface area contributed by atoms with Crippen molar-refractivity contribution in [2.75, 3.05) is 6.54 Å². The van der Waals surface area contributed by atoms with Crippen LogP contribution >= 0.6 is 0 Å². The Labute approximate surface area is 105 Å². The highest BCUT2D eigenvalue weighted by Gasteiger charge is 2.27. The second kappa shape index (κ2) is 6.84. The Balaban J connectivity index is 2.52. The summed E-state index contributed by atoms with van der Waals surface area (Å²) in [7, 11) is 0. The maximum absolute atomic E-state index is 5.51. The van der Waals surface area contributed by atoms with Crippen molar-refractivity contribution in [2.45, 2.75) is 53.0 Å². The van der Waals surface area contributed by atoms with Crippen LogP contribution in [-0.2, 0) is 0 Å². The molecular formula is C13H28N4. The predicted octanol–water partition coefficient (Wildman–Crippen LogP) is 1.88. The van der Waals surface area contributed by atoms with Crippen molar-refractivity contribution < 1.29 is 0 Å². The second-order valence-corrected chi connectivity index (χ2v) is 5.75. The molecule has 100 valence electrons. The molecule has 1 aliphatic carbocycles. The van der Waals surface area contributed by atoms with E-state index >= 15 is 0 Å². The minimum absolute atomic E-state index is 0.501. The molecule has 4 heteroatoms. The number of guanidine groups is 1. The lowest BCUT2D eigenvalue weighted by atomic mass is 9.78. The van der Waals surface area contributed by atoms with E-state index in [2.05, 4.69) is 43.4 Å². The first-order chi connectivity index (χ1) is 8.04. The van der Waals surface area contributed by atoms with Crippen molar-refractivity contribution in [3.8, 4) is 0 Å². The van der Waals surface area contributed by atoms with Crippen LogP contribution in [0.5, 0.6) is 0 Å². The Bertz CT molecular complexity index is 250. The highest BCUT2D eigenvalue weighted by Crippen LogP contribution is 2.29. The third-order valence-electron chi connectivity index (χ3n) is 3.78. The van der Waals surface area contributed by atoms with Crippen LogP contribution in [0.4, 0.5) is 0 Å². The van der Waals surface area contributed by atoms with E-state index < -0.39 is 0 Å². The Morgan fingerprint density at radius 2 is 2.06 bits per heavy atom. The summed E-state index contributed by atoms with van der Waals surface area (Å²) in [6, 6.07) is 0.501. The first kappa shape index (κ1) is 14.3. The third-order valence-corrected chi connectivity index (χ3v) is 3.78. The number of nitrogens with zero attached hydrogens (tertiary/aromatic N) is 1. The van der Waals surface area contributed by atoms with Gasteiger partial charge in [-0.1, -0.05) is 40.5 Å². The molecule has 1 aliphatic rings. The van der Waals surface area contributed by atoms with Crippen molar-refractivity contribution in [1.29, 1.82) is 0 Å². The van der Waals surface area contributed by atoms with Crippen LogP contribution < -0.4 is 16.6 Å². The molecule has 0 aliphatic heterocycles. The molecule has 0 aromatic carbocycles. The smallest absolute Gasteiger partial charge is 0.205 e. The molecule has 3 unspecified atom stereocenters. The topological polar surface area (TPSA) is 62.4 Å². The Kier molecular flexibility index (Phi) is 5.75. The molecule has 1 fully saturated rings. The van der Waals surface area contributed by atoms with Crippen LogP contribution in [-0.4, -0.2) is 18.5 Å². The van der Waals surface area contributed by atoms with Gasteiger partial charge in [0.15, 0.2) is 0 Å². The van der Waals surface area contributed by atoms with Gasteiger partial charge in [-0.3, -0.25) is 10.4 Å². The molecule has 1 saturated carbocycles. The van der Waals surface area contributed by atoms with E-state index in [-0.39, 0.29) is 0 Å². The zero-order valence-corrected chi connectivity index (χ0v) is 11.7. The van der Waals surface area contributed by atoms with E-state index in [1.807, 2.05) is 0 Å². The summed E-state index contributed by atoms with van der Waals surface area (Å²) in [6.07, 6.45) is 3.85. The SMILES string of the molecule is CC(C)CN=C(NN)NC1CCCC(C)C1C. The lowest BCUT2D eigenvalue weighted by Gasteiger charge is -2.35. The molecule has 17 heavy (non-hydrogen) atoms. The zero-order chi connectivity index (χ0) is 12.8. The van der Waals surface area contributed by atoms with E-state index in [9.17, 15) is 0 Å². The lowest BCUT2D eigenvalue weighted by molar-refractivity contribution is 0.223. The van der Waals surface area contributed by atoms with E-state index in [1.165, 1.54) is 19.3 Å². The van der Waals surface area contributed by atoms with Gasteiger partial charge in [0.2, 0.25) is 5.96 Å². The summed E-state index contributed by atoms with van der Waals surface area (Å²) in [6.45, 7) is 9.77. The number of nitrogens with two attached hydrogens (primary N) is 1. The number of aliphatic imine (C=N–C) groups is 1. The third kappa shape index (κ3) is 4.54. The Morgan fingerprint density at radius 3 is 2.65 bits per heavy atom. The summed E-state index contributed by atoms with van der Waals surface area (Å²) in [5.41, 5.74) is 2.68. The summed E-state index contributed by atoms with van der Waals surface area (Å²) >= 11 is 0. The minimum atomic E-state index is 0.501. The molecule has 0 aromatic rings. The van der Waals surface area contributed by atoms with Gasteiger partial charge >= 0.3 is 0 Å². The van der Waals surface area contributed by atoms with Crippen LogP contribution in [0, 0.1) is 17.8 Å². The summed E-state index contributed by atoms with van der Waals surface area (Å²) < 4.78 is 0. The van der Waals surface area contributed by atoms with E-state index in [1.54, 1.807) is 0 Å². The van der Waals surface area contributed by atoms with Crippen molar-refractivity contribution in [3.05, 3.63) is 0 Å². The number of nitrogens with one attached hydrogen (secondary N) is 2. The van der Waals surface area contributed by atoms with Crippen LogP contribution in [0.1, 0.15) is 47.0 Å². The minimum Gasteiger partial charge on any atom is -0.352 e. The largest absolute Gasteiger partial charge is 0.352 e. The molecule has 0 aromatic heterocycles. The number of hydrazine groups is 1. The van der Waals surface area contributed by atoms with Crippen molar-refractivity contribution in [2.24, 2.45) is 28.6 Å². The summed E-state index contributed by atoms with van der Waals surface area (Å²) in [4.78, 5) is 4.46. The van der Waals surface area contributed by atoms with Gasteiger partial charge < -0.3 is 5.32 Å². The molecule has 0 heterocycles. The quantitative estimate of drug-likeness (QED) is 0.305. The van der Waals surface area contributed by atoms with Crippen LogP contribution in [0.15, 0.2) is 4.99 Å². The Hall–Kier alpha value is -0.770. The van der Waals surface area contributed by atoms with Gasteiger partial charge in [-0.15, -0.1) is 0 Å². The molecule has 0 spiro atoms. The highest BCUT2D eigenvalue weighted by molar-refractivity contribution is 5.79. The standard InChI is InChI=1S/C13H28N4/c1-9(2)8-15-13(17-14)16-12-7-5-6-10(3)11(12)4/h9-12H,5-8,14H2,1-4H3,(H2,15,16,17). The van der Waals surface area contributed by atoms with Crippen LogP contribution in [0.3, 0.4) is 0 Å². The summed E-state index contributed by atoms with van der Waals surface area (Å²) in [5.74, 6) is 8.28. The number of hydrogen-bond acceptors (Lipinski definition) is 2. The second-order valence-electron chi connectivity index (χ2n) is 5.75. The molecule has 4 N–H and O–H groups in total. The maximum atomic E-state index is 5.51. The van der Waals surface area contributed by atoms with E-state index in [4.69, 9.17) is 5.84 Å². The van der Waals surface area contributed by atoms with Crippen LogP contribution in [0.2, 0.25) is 0 Å². The first-order valence-corrected chi connectivity index (χ1v) is 6.82. The van der Waals surface area contributed by atoms with Crippen molar-refractivity contribution in [1.82, 2.24) is 10.7 Å². The van der Waals surface area contributed by atoms with Gasteiger partial charge in [0.1, 0.15) is 0 Å². The van der Waals surface area contributed by atoms with Crippen molar-refractivity contribution >= 4 is 5.96 Å². The van der Waals surface area contributed by atoms with Crippen LogP contribution in [0.25, 0.3) is 0 Å². The zero-order valence-electron chi connectivity index (χ0n) is 11.7. The van der Waals surface area contributed by atoms with Gasteiger partial charge in [0.05, 0.1) is 0 Å². The van der Waals surface area contributed by atoms with E-state index in [0.717, 1.165) is 18.4 Å². The van der Waals surface area contributed by atoms with Gasteiger partial charge in [0.25, 0.3) is 0 Å². The molecule has 1 rings (SSSR count). The molecule has 3 atom stereocenters. The van der Waals surface area contributed by atoms with Gasteiger partial charge in [0, 0.05) is 12.6 Å². The fourth-order valence-corrected chi connectivity index (χ4v) is 2.37. The average Bonchev–Trinajstić information content (AvgIpc) is 2.29. The molecule has 4 nitrogen and oxygen atoms in total. The molecule has 0 saturated heterocycles. The normalized spacial score (nSPS) is 30.5. The maximum Gasteiger partial charge on any atom is 0.205 e. The fourth-order valence-electron chi connectivity index (χ4n) is 2.37. The average molecular weight is 240 g/mol. The predicted molar refractivity (Wildman–Crippen MR) is 73.6 cm³/mol. The molecule has 0 bridgehead atoms. The monoisotopic (exact) mass is 240 g/mol. The van der Waals surface area contributed by atoms with Gasteiger partial charge in [-0.25, -0.2) is 5.84 Å². The first-order valence-electron chi connectivity index (χ1n) is 6.82. The van der Waals surface area contributed by atoms with E-state index in [0.29, 0.717) is 17.9 Å². The van der Waals surface area contributed by atoms with Gasteiger partial charge in [-0.2, -0.15) is 0 Å². The molecule has 0 amide bonds. The fraction of sp³-hybridized carbons (Fsp3) is 0.923. The number of rotatable bonds is 3. The molecular weight excluding hydrogens is 212 g/mol. The lowest BCUT2D eigenvalue weighted by Crippen LogP contribution is -2.50. The number of hydrogen-bond donors (Lipinski definition) is 3. The summed E-state index contributed by atoms with van der Waals surface area (Å²) in [5, 5.41) is 3.46. The highest BCUT2D eigenvalue weighted by atomic mass is 15.3. The van der Waals surface area contributed by atoms with Crippen molar-refractivity contribution in [3.63, 3.8) is 0 Å². The van der Waals surface area contributed by atoms with Gasteiger partial charge in [-0.05, 0) is 24.2 Å². The Morgan fingerprint density at radius 1 is 1.35 bits per heavy atom. The molecule has 0 radical (unpaired) electrons.